The number of benzene rings is 1. The van der Waals surface area contributed by atoms with Crippen molar-refractivity contribution in [3.05, 3.63) is 29.8 Å². The second-order valence-corrected chi connectivity index (χ2v) is 7.53. The average molecular weight is 359 g/mol. The highest BCUT2D eigenvalue weighted by atomic mass is 16.5. The van der Waals surface area contributed by atoms with Gasteiger partial charge >= 0.3 is 0 Å². The molecule has 0 aromatic heterocycles. The minimum Gasteiger partial charge on any atom is -0.373 e. The highest BCUT2D eigenvalue weighted by molar-refractivity contribution is 5.97. The first-order valence-corrected chi connectivity index (χ1v) is 9.49. The quantitative estimate of drug-likeness (QED) is 0.896. The molecule has 0 bridgehead atoms. The van der Waals surface area contributed by atoms with Crippen molar-refractivity contribution in [1.82, 2.24) is 9.80 Å². The molecule has 0 spiro atoms. The number of rotatable bonds is 4. The molecule has 0 saturated carbocycles. The summed E-state index contributed by atoms with van der Waals surface area (Å²) in [5, 5.41) is 2.75. The largest absolute Gasteiger partial charge is 0.373 e. The van der Waals surface area contributed by atoms with Crippen LogP contribution in [0.25, 0.3) is 0 Å². The van der Waals surface area contributed by atoms with Gasteiger partial charge in [-0.1, -0.05) is 6.07 Å². The second-order valence-electron chi connectivity index (χ2n) is 7.53. The molecule has 2 saturated heterocycles. The maximum Gasteiger partial charge on any atom is 0.254 e. The minimum absolute atomic E-state index is 0.0501. The summed E-state index contributed by atoms with van der Waals surface area (Å²) >= 11 is 0. The van der Waals surface area contributed by atoms with Crippen LogP contribution in [0, 0.1) is 0 Å². The van der Waals surface area contributed by atoms with Crippen molar-refractivity contribution in [2.75, 3.05) is 31.5 Å². The predicted octanol–water partition coefficient (Wildman–Crippen LogP) is 2.36. The summed E-state index contributed by atoms with van der Waals surface area (Å²) in [4.78, 5) is 28.7. The summed E-state index contributed by atoms with van der Waals surface area (Å²) < 4.78 is 5.81. The van der Waals surface area contributed by atoms with Gasteiger partial charge in [0.2, 0.25) is 5.91 Å². The Morgan fingerprint density at radius 1 is 1.23 bits per heavy atom. The first-order chi connectivity index (χ1) is 12.4. The van der Waals surface area contributed by atoms with Crippen LogP contribution in [-0.4, -0.2) is 66.0 Å². The summed E-state index contributed by atoms with van der Waals surface area (Å²) in [5.41, 5.74) is 1.29. The topological polar surface area (TPSA) is 61.9 Å². The Kier molecular flexibility index (Phi) is 5.94. The Labute approximate surface area is 155 Å². The standard InChI is InChI=1S/C20H29N3O3/c1-14-11-22(12-15(2)26-14)13-19-8-5-9-23(19)20(25)17-6-4-7-18(10-17)21-16(3)24/h4,6-7,10,14-15,19H,5,8-9,11-13H2,1-3H3,(H,21,24). The van der Waals surface area contributed by atoms with E-state index in [2.05, 4.69) is 24.1 Å². The summed E-state index contributed by atoms with van der Waals surface area (Å²) in [6, 6.07) is 7.44. The molecular weight excluding hydrogens is 330 g/mol. The summed E-state index contributed by atoms with van der Waals surface area (Å²) in [6.07, 6.45) is 2.55. The molecule has 2 aliphatic rings. The average Bonchev–Trinajstić information content (AvgIpc) is 3.01. The zero-order valence-corrected chi connectivity index (χ0v) is 15.9. The summed E-state index contributed by atoms with van der Waals surface area (Å²) in [5.74, 6) is -0.0849. The van der Waals surface area contributed by atoms with E-state index in [0.29, 0.717) is 11.3 Å². The Morgan fingerprint density at radius 3 is 2.65 bits per heavy atom. The number of nitrogens with zero attached hydrogens (tertiary/aromatic N) is 2. The molecule has 1 N–H and O–H groups in total. The highest BCUT2D eigenvalue weighted by Gasteiger charge is 2.32. The molecule has 2 aliphatic heterocycles. The molecule has 1 aromatic carbocycles. The van der Waals surface area contributed by atoms with Gasteiger partial charge in [0.15, 0.2) is 0 Å². The number of hydrogen-bond acceptors (Lipinski definition) is 4. The van der Waals surface area contributed by atoms with E-state index in [4.69, 9.17) is 4.74 Å². The lowest BCUT2D eigenvalue weighted by molar-refractivity contribution is -0.114. The van der Waals surface area contributed by atoms with E-state index in [1.54, 1.807) is 12.1 Å². The van der Waals surface area contributed by atoms with Crippen LogP contribution in [0.4, 0.5) is 5.69 Å². The first-order valence-electron chi connectivity index (χ1n) is 9.49. The highest BCUT2D eigenvalue weighted by Crippen LogP contribution is 2.23. The fraction of sp³-hybridized carbons (Fsp3) is 0.600. The molecule has 2 amide bonds. The number of nitrogens with one attached hydrogen (secondary N) is 1. The van der Waals surface area contributed by atoms with E-state index in [9.17, 15) is 9.59 Å². The third-order valence-electron chi connectivity index (χ3n) is 5.03. The van der Waals surface area contributed by atoms with Crippen molar-refractivity contribution < 1.29 is 14.3 Å². The van der Waals surface area contributed by atoms with Gasteiger partial charge in [0.25, 0.3) is 5.91 Å². The number of likely N-dealkylation sites (tertiary alicyclic amines) is 1. The van der Waals surface area contributed by atoms with Crippen molar-refractivity contribution in [3.8, 4) is 0 Å². The third-order valence-corrected chi connectivity index (χ3v) is 5.03. The normalized spacial score (nSPS) is 26.7. The summed E-state index contributed by atoms with van der Waals surface area (Å²) in [7, 11) is 0. The zero-order valence-electron chi connectivity index (χ0n) is 15.9. The molecule has 0 radical (unpaired) electrons. The van der Waals surface area contributed by atoms with Gasteiger partial charge in [0.05, 0.1) is 12.2 Å². The van der Waals surface area contributed by atoms with Crippen molar-refractivity contribution in [1.29, 1.82) is 0 Å². The molecule has 3 atom stereocenters. The minimum atomic E-state index is -0.135. The van der Waals surface area contributed by atoms with Crippen LogP contribution in [0.5, 0.6) is 0 Å². The monoisotopic (exact) mass is 359 g/mol. The summed E-state index contributed by atoms with van der Waals surface area (Å²) in [6.45, 7) is 9.21. The van der Waals surface area contributed by atoms with Crippen LogP contribution >= 0.6 is 0 Å². The second kappa shape index (κ2) is 8.18. The molecular formula is C20H29N3O3. The third kappa shape index (κ3) is 4.62. The van der Waals surface area contributed by atoms with Crippen molar-refractivity contribution in [2.24, 2.45) is 0 Å². The SMILES string of the molecule is CC(=O)Nc1cccc(C(=O)N2CCCC2CN2CC(C)OC(C)C2)c1. The van der Waals surface area contributed by atoms with E-state index in [1.165, 1.54) is 6.92 Å². The number of ether oxygens (including phenoxy) is 1. The fourth-order valence-corrected chi connectivity index (χ4v) is 4.12. The Hall–Kier alpha value is -1.92. The number of carbonyl (C=O) groups excluding carboxylic acids is 2. The Morgan fingerprint density at radius 2 is 1.96 bits per heavy atom. The maximum atomic E-state index is 13.0. The van der Waals surface area contributed by atoms with Crippen LogP contribution in [0.2, 0.25) is 0 Å². The van der Waals surface area contributed by atoms with Crippen LogP contribution in [0.15, 0.2) is 24.3 Å². The molecule has 1 aromatic rings. The Bertz CT molecular complexity index is 653. The molecule has 3 rings (SSSR count). The predicted molar refractivity (Wildman–Crippen MR) is 101 cm³/mol. The van der Waals surface area contributed by atoms with E-state index in [1.807, 2.05) is 17.0 Å². The van der Waals surface area contributed by atoms with Crippen molar-refractivity contribution in [3.63, 3.8) is 0 Å². The zero-order chi connectivity index (χ0) is 18.7. The van der Waals surface area contributed by atoms with E-state index < -0.39 is 0 Å². The van der Waals surface area contributed by atoms with Crippen LogP contribution in [0.1, 0.15) is 44.0 Å². The van der Waals surface area contributed by atoms with Gasteiger partial charge in [0, 0.05) is 50.4 Å². The molecule has 2 fully saturated rings. The van der Waals surface area contributed by atoms with Gasteiger partial charge in [-0.25, -0.2) is 0 Å². The number of anilines is 1. The number of amides is 2. The van der Waals surface area contributed by atoms with Crippen LogP contribution in [0.3, 0.4) is 0 Å². The van der Waals surface area contributed by atoms with Gasteiger partial charge in [-0.3, -0.25) is 14.5 Å². The van der Waals surface area contributed by atoms with E-state index in [0.717, 1.165) is 39.0 Å². The molecule has 6 nitrogen and oxygen atoms in total. The molecule has 6 heteroatoms. The van der Waals surface area contributed by atoms with Gasteiger partial charge in [-0.05, 0) is 44.9 Å². The number of morpholine rings is 1. The lowest BCUT2D eigenvalue weighted by Gasteiger charge is -2.38. The number of hydrogen-bond donors (Lipinski definition) is 1. The van der Waals surface area contributed by atoms with Gasteiger partial charge in [0.1, 0.15) is 0 Å². The molecule has 142 valence electrons. The number of carbonyl (C=O) groups is 2. The van der Waals surface area contributed by atoms with Gasteiger partial charge in [-0.15, -0.1) is 0 Å². The van der Waals surface area contributed by atoms with Crippen LogP contribution < -0.4 is 5.32 Å². The Balaban J connectivity index is 1.67. The maximum absolute atomic E-state index is 13.0. The van der Waals surface area contributed by atoms with Gasteiger partial charge in [-0.2, -0.15) is 0 Å². The van der Waals surface area contributed by atoms with E-state index >= 15 is 0 Å². The first kappa shape index (κ1) is 18.9. The molecule has 26 heavy (non-hydrogen) atoms. The lowest BCUT2D eigenvalue weighted by Crippen LogP contribution is -2.50. The van der Waals surface area contributed by atoms with Crippen molar-refractivity contribution in [2.45, 2.75) is 51.9 Å². The van der Waals surface area contributed by atoms with Gasteiger partial charge < -0.3 is 15.0 Å². The smallest absolute Gasteiger partial charge is 0.254 e. The van der Waals surface area contributed by atoms with Crippen LogP contribution in [-0.2, 0) is 9.53 Å². The molecule has 0 aliphatic carbocycles. The molecule has 2 heterocycles. The fourth-order valence-electron chi connectivity index (χ4n) is 4.12. The molecule has 3 unspecified atom stereocenters. The van der Waals surface area contributed by atoms with E-state index in [-0.39, 0.29) is 30.1 Å². The van der Waals surface area contributed by atoms with Crippen molar-refractivity contribution >= 4 is 17.5 Å². The lowest BCUT2D eigenvalue weighted by atomic mass is 10.1.